The Balaban J connectivity index is 1.74. The van der Waals surface area contributed by atoms with Gasteiger partial charge in [0.05, 0.1) is 0 Å². The Hall–Kier alpha value is -3.06. The van der Waals surface area contributed by atoms with E-state index in [4.69, 9.17) is 4.74 Å². The van der Waals surface area contributed by atoms with Crippen molar-refractivity contribution in [2.24, 2.45) is 4.99 Å². The van der Waals surface area contributed by atoms with Crippen molar-refractivity contribution in [3.63, 3.8) is 0 Å². The minimum atomic E-state index is -0.161. The second-order valence-corrected chi connectivity index (χ2v) is 6.12. The molecule has 134 valence electrons. The van der Waals surface area contributed by atoms with E-state index in [0.29, 0.717) is 24.7 Å². The Kier molecular flexibility index (Phi) is 4.70. The maximum atomic E-state index is 12.4. The van der Waals surface area contributed by atoms with Gasteiger partial charge in [-0.15, -0.1) is 0 Å². The van der Waals surface area contributed by atoms with E-state index in [1.165, 1.54) is 0 Å². The number of fused-ring (bicyclic) bond motifs is 3. The number of benzene rings is 1. The van der Waals surface area contributed by atoms with Gasteiger partial charge in [0.2, 0.25) is 0 Å². The molecule has 0 spiro atoms. The number of allylic oxidation sites excluding steroid dienone is 2. The summed E-state index contributed by atoms with van der Waals surface area (Å²) in [5.74, 6) is 1.34. The van der Waals surface area contributed by atoms with Gasteiger partial charge in [-0.1, -0.05) is 12.1 Å². The van der Waals surface area contributed by atoms with Gasteiger partial charge in [0.15, 0.2) is 5.82 Å². The number of hydrogen-bond acceptors (Lipinski definition) is 6. The zero-order chi connectivity index (χ0) is 17.8. The fraction of sp³-hybridized carbons (Fsp3) is 0.263. The first-order valence-electron chi connectivity index (χ1n) is 8.76. The number of aliphatic imine (C=N–C) groups is 1. The maximum absolute atomic E-state index is 12.4. The highest BCUT2D eigenvalue weighted by atomic mass is 16.5. The molecule has 3 aliphatic rings. The lowest BCUT2D eigenvalue weighted by Gasteiger charge is -2.29. The summed E-state index contributed by atoms with van der Waals surface area (Å²) in [5.41, 5.74) is 5.42. The van der Waals surface area contributed by atoms with Crippen LogP contribution in [-0.2, 0) is 4.79 Å². The smallest absolute Gasteiger partial charge is 0.270 e. The van der Waals surface area contributed by atoms with E-state index >= 15 is 0 Å². The van der Waals surface area contributed by atoms with Gasteiger partial charge in [-0.3, -0.25) is 4.79 Å². The molecule has 0 aliphatic carbocycles. The number of rotatable bonds is 0. The largest absolute Gasteiger partial charge is 0.492 e. The number of hydrogen-bond donors (Lipinski definition) is 3. The fourth-order valence-electron chi connectivity index (χ4n) is 2.97. The van der Waals surface area contributed by atoms with Crippen molar-refractivity contribution >= 4 is 17.2 Å². The van der Waals surface area contributed by atoms with Crippen molar-refractivity contribution in [3.8, 4) is 5.75 Å². The van der Waals surface area contributed by atoms with Crippen LogP contribution in [0.25, 0.3) is 5.57 Å². The van der Waals surface area contributed by atoms with E-state index in [9.17, 15) is 4.79 Å². The summed E-state index contributed by atoms with van der Waals surface area (Å²) in [6.45, 7) is 2.78. The van der Waals surface area contributed by atoms with Gasteiger partial charge in [-0.05, 0) is 42.8 Å². The molecule has 0 fully saturated rings. The number of carbonyl (C=O) groups is 1. The first kappa shape index (κ1) is 16.4. The molecule has 7 heteroatoms. The molecule has 4 rings (SSSR count). The Labute approximate surface area is 152 Å². The predicted octanol–water partition coefficient (Wildman–Crippen LogP) is 1.15. The average molecular weight is 351 g/mol. The Morgan fingerprint density at radius 2 is 2.12 bits per heavy atom. The van der Waals surface area contributed by atoms with E-state index < -0.39 is 0 Å². The van der Waals surface area contributed by atoms with Crippen molar-refractivity contribution in [1.82, 2.24) is 21.1 Å². The summed E-state index contributed by atoms with van der Waals surface area (Å²) in [6.07, 6.45) is 8.17. The van der Waals surface area contributed by atoms with Gasteiger partial charge in [0.25, 0.3) is 5.91 Å². The first-order chi connectivity index (χ1) is 12.8. The minimum Gasteiger partial charge on any atom is -0.492 e. The lowest BCUT2D eigenvalue weighted by molar-refractivity contribution is -0.114. The lowest BCUT2D eigenvalue weighted by atomic mass is 10.0. The van der Waals surface area contributed by atoms with Crippen LogP contribution in [0, 0.1) is 0 Å². The molecule has 0 atom stereocenters. The molecule has 26 heavy (non-hydrogen) atoms. The molecule has 3 aliphatic heterocycles. The second-order valence-electron chi connectivity index (χ2n) is 6.12. The van der Waals surface area contributed by atoms with Gasteiger partial charge in [-0.2, -0.15) is 0 Å². The second kappa shape index (κ2) is 7.45. The highest BCUT2D eigenvalue weighted by Crippen LogP contribution is 2.29. The summed E-state index contributed by atoms with van der Waals surface area (Å²) in [6, 6.07) is 7.92. The van der Waals surface area contributed by atoms with Gasteiger partial charge in [0, 0.05) is 31.1 Å². The summed E-state index contributed by atoms with van der Waals surface area (Å²) in [7, 11) is 0. The SMILES string of the molecule is O=C1NCCCNCCOc2cccc(c2)C2=C3N=C1C=CN3NC=C2. The lowest BCUT2D eigenvalue weighted by Crippen LogP contribution is -2.38. The van der Waals surface area contributed by atoms with Crippen LogP contribution in [0.1, 0.15) is 12.0 Å². The number of ether oxygens (including phenoxy) is 1. The standard InChI is InChI=1S/C19H21N5O2/c25-19-17-6-11-24-18(23-17)16(5-9-22-24)14-3-1-4-15(13-14)26-12-10-20-7-2-8-21-19/h1,3-6,9,11,13,20,22H,2,7-8,10,12H2,(H,21,25). The van der Waals surface area contributed by atoms with Gasteiger partial charge >= 0.3 is 0 Å². The summed E-state index contributed by atoms with van der Waals surface area (Å²) < 4.78 is 5.85. The first-order valence-corrected chi connectivity index (χ1v) is 8.76. The highest BCUT2D eigenvalue weighted by molar-refractivity contribution is 6.43. The van der Waals surface area contributed by atoms with E-state index in [-0.39, 0.29) is 5.91 Å². The van der Waals surface area contributed by atoms with Crippen LogP contribution < -0.4 is 20.8 Å². The molecule has 0 aromatic heterocycles. The molecule has 1 aromatic rings. The Morgan fingerprint density at radius 3 is 3.08 bits per heavy atom. The van der Waals surface area contributed by atoms with Crippen molar-refractivity contribution in [3.05, 3.63) is 60.2 Å². The van der Waals surface area contributed by atoms with Crippen molar-refractivity contribution in [2.45, 2.75) is 6.42 Å². The summed E-state index contributed by atoms with van der Waals surface area (Å²) in [5, 5.41) is 8.03. The molecule has 3 heterocycles. The number of hydrazine groups is 1. The Morgan fingerprint density at radius 1 is 1.15 bits per heavy atom. The predicted molar refractivity (Wildman–Crippen MR) is 100 cm³/mol. The van der Waals surface area contributed by atoms with Gasteiger partial charge in [-0.25, -0.2) is 10.0 Å². The van der Waals surface area contributed by atoms with E-state index in [1.54, 1.807) is 11.1 Å². The molecule has 0 unspecified atom stereocenters. The average Bonchev–Trinajstić information content (AvgIpc) is 2.68. The molecule has 0 radical (unpaired) electrons. The van der Waals surface area contributed by atoms with Crippen LogP contribution in [0.5, 0.6) is 5.75 Å². The third-order valence-electron chi connectivity index (χ3n) is 4.28. The molecule has 1 aromatic carbocycles. The van der Waals surface area contributed by atoms with Crippen molar-refractivity contribution in [2.75, 3.05) is 26.2 Å². The molecule has 0 saturated carbocycles. The summed E-state index contributed by atoms with van der Waals surface area (Å²) >= 11 is 0. The maximum Gasteiger partial charge on any atom is 0.270 e. The number of carbonyl (C=O) groups excluding carboxylic acids is 1. The van der Waals surface area contributed by atoms with E-state index in [2.05, 4.69) is 21.1 Å². The third-order valence-corrected chi connectivity index (χ3v) is 4.28. The van der Waals surface area contributed by atoms with Crippen molar-refractivity contribution in [1.29, 1.82) is 0 Å². The molecular weight excluding hydrogens is 330 g/mol. The van der Waals surface area contributed by atoms with E-state index in [1.807, 2.05) is 42.7 Å². The Bertz CT molecular complexity index is 825. The van der Waals surface area contributed by atoms with Crippen LogP contribution >= 0.6 is 0 Å². The van der Waals surface area contributed by atoms with Crippen LogP contribution in [0.4, 0.5) is 0 Å². The van der Waals surface area contributed by atoms with Gasteiger partial charge < -0.3 is 20.8 Å². The molecule has 1 amide bonds. The van der Waals surface area contributed by atoms with Crippen LogP contribution in [0.2, 0.25) is 0 Å². The molecular formula is C19H21N5O2. The number of nitrogens with zero attached hydrogens (tertiary/aromatic N) is 2. The van der Waals surface area contributed by atoms with Crippen LogP contribution in [-0.4, -0.2) is 42.9 Å². The van der Waals surface area contributed by atoms with E-state index in [0.717, 1.165) is 36.4 Å². The number of nitrogens with one attached hydrogen (secondary N) is 3. The topological polar surface area (TPSA) is 78.0 Å². The summed E-state index contributed by atoms with van der Waals surface area (Å²) in [4.78, 5) is 17.0. The van der Waals surface area contributed by atoms with Crippen LogP contribution in [0.3, 0.4) is 0 Å². The van der Waals surface area contributed by atoms with Crippen LogP contribution in [0.15, 0.2) is 59.6 Å². The fourth-order valence-corrected chi connectivity index (χ4v) is 2.97. The molecule has 4 bridgehead atoms. The zero-order valence-corrected chi connectivity index (χ0v) is 14.4. The van der Waals surface area contributed by atoms with Crippen molar-refractivity contribution < 1.29 is 9.53 Å². The highest BCUT2D eigenvalue weighted by Gasteiger charge is 2.22. The molecule has 7 nitrogen and oxygen atoms in total. The zero-order valence-electron chi connectivity index (χ0n) is 14.4. The molecule has 0 saturated heterocycles. The third kappa shape index (κ3) is 3.48. The van der Waals surface area contributed by atoms with Gasteiger partial charge in [0.1, 0.15) is 18.1 Å². The normalized spacial score (nSPS) is 20.1. The minimum absolute atomic E-state index is 0.161. The monoisotopic (exact) mass is 351 g/mol. The number of amides is 1. The quantitative estimate of drug-likeness (QED) is 0.654. The molecule has 3 N–H and O–H groups in total.